The van der Waals surface area contributed by atoms with Gasteiger partial charge in [0.2, 0.25) is 0 Å². The van der Waals surface area contributed by atoms with Gasteiger partial charge in [-0.2, -0.15) is 0 Å². The summed E-state index contributed by atoms with van der Waals surface area (Å²) in [5.74, 6) is 0.0281. The van der Waals surface area contributed by atoms with Crippen LogP contribution in [0.5, 0.6) is 0 Å². The molecule has 0 saturated heterocycles. The van der Waals surface area contributed by atoms with Crippen molar-refractivity contribution in [3.8, 4) is 0 Å². The molecule has 2 aliphatic rings. The minimum Gasteiger partial charge on any atom is -0.464 e. The lowest BCUT2D eigenvalue weighted by atomic mass is 10.00. The first-order valence-corrected chi connectivity index (χ1v) is 7.73. The summed E-state index contributed by atoms with van der Waals surface area (Å²) in [6.07, 6.45) is 5.51. The van der Waals surface area contributed by atoms with Gasteiger partial charge in [-0.25, -0.2) is 9.18 Å². The number of fused-ring (bicyclic) bond motifs is 1. The van der Waals surface area contributed by atoms with Crippen molar-refractivity contribution in [2.24, 2.45) is 4.99 Å². The summed E-state index contributed by atoms with van der Waals surface area (Å²) >= 11 is 3.40. The summed E-state index contributed by atoms with van der Waals surface area (Å²) in [6, 6.07) is 5.04. The van der Waals surface area contributed by atoms with Crippen molar-refractivity contribution in [2.45, 2.75) is 19.0 Å². The number of carbonyl (C=O) groups excluding carboxylic acids is 1. The maximum atomic E-state index is 13.1. The molecule has 0 N–H and O–H groups in total. The lowest BCUT2D eigenvalue weighted by Gasteiger charge is -2.26. The van der Waals surface area contributed by atoms with Crippen LogP contribution in [-0.4, -0.2) is 29.4 Å². The number of amidine groups is 1. The van der Waals surface area contributed by atoms with Gasteiger partial charge in [0, 0.05) is 10.7 Å². The number of halogens is 2. The summed E-state index contributed by atoms with van der Waals surface area (Å²) in [5, 5.41) is 0. The fourth-order valence-electron chi connectivity index (χ4n) is 2.57. The van der Waals surface area contributed by atoms with Crippen LogP contribution in [0.2, 0.25) is 0 Å². The minimum atomic E-state index is -0.585. The molecular weight excluding hydrogens is 351 g/mol. The zero-order chi connectivity index (χ0) is 15.7. The van der Waals surface area contributed by atoms with Crippen LogP contribution in [0, 0.1) is 5.82 Å². The topological polar surface area (TPSA) is 41.9 Å². The molecule has 1 aromatic carbocycles. The van der Waals surface area contributed by atoms with Crippen LogP contribution in [0.1, 0.15) is 18.5 Å². The van der Waals surface area contributed by atoms with Gasteiger partial charge in [0.05, 0.1) is 6.61 Å². The second-order valence-electron chi connectivity index (χ2n) is 4.94. The van der Waals surface area contributed by atoms with Gasteiger partial charge >= 0.3 is 5.97 Å². The van der Waals surface area contributed by atoms with Crippen molar-refractivity contribution < 1.29 is 13.9 Å². The van der Waals surface area contributed by atoms with Gasteiger partial charge in [-0.1, -0.05) is 12.1 Å². The Balaban J connectivity index is 1.99. The van der Waals surface area contributed by atoms with Crippen LogP contribution < -0.4 is 0 Å². The van der Waals surface area contributed by atoms with Gasteiger partial charge in [0.1, 0.15) is 17.7 Å². The zero-order valence-corrected chi connectivity index (χ0v) is 13.5. The second kappa shape index (κ2) is 6.04. The van der Waals surface area contributed by atoms with E-state index < -0.39 is 12.1 Å². The third kappa shape index (κ3) is 2.70. The number of allylic oxidation sites excluding steroid dienone is 2. The zero-order valence-electron chi connectivity index (χ0n) is 11.9. The Bertz CT molecular complexity index is 682. The predicted octanol–water partition coefficient (Wildman–Crippen LogP) is 3.32. The molecule has 0 saturated carbocycles. The molecule has 6 heteroatoms. The van der Waals surface area contributed by atoms with E-state index in [9.17, 15) is 9.18 Å². The molecule has 114 valence electrons. The third-order valence-corrected chi connectivity index (χ3v) is 4.00. The second-order valence-corrected chi connectivity index (χ2v) is 5.85. The highest BCUT2D eigenvalue weighted by Crippen LogP contribution is 2.35. The Kier molecular flexibility index (Phi) is 4.11. The van der Waals surface area contributed by atoms with Gasteiger partial charge in [0.15, 0.2) is 6.04 Å². The van der Waals surface area contributed by atoms with Crippen molar-refractivity contribution in [1.29, 1.82) is 0 Å². The van der Waals surface area contributed by atoms with Gasteiger partial charge in [0.25, 0.3) is 0 Å². The highest BCUT2D eigenvalue weighted by molar-refractivity contribution is 9.11. The Morgan fingerprint density at radius 3 is 2.77 bits per heavy atom. The third-order valence-electron chi connectivity index (χ3n) is 3.53. The number of hydrogen-bond acceptors (Lipinski definition) is 4. The van der Waals surface area contributed by atoms with E-state index in [1.165, 1.54) is 12.1 Å². The SMILES string of the molecule is CCOC(=O)C1C(c2ccc(F)cc2)N=C2C=CC(Br)=CN21. The Morgan fingerprint density at radius 1 is 1.36 bits per heavy atom. The highest BCUT2D eigenvalue weighted by Gasteiger charge is 2.42. The largest absolute Gasteiger partial charge is 0.464 e. The molecule has 2 aliphatic heterocycles. The van der Waals surface area contributed by atoms with Crippen LogP contribution >= 0.6 is 15.9 Å². The van der Waals surface area contributed by atoms with E-state index in [4.69, 9.17) is 4.74 Å². The molecule has 22 heavy (non-hydrogen) atoms. The van der Waals surface area contributed by atoms with Gasteiger partial charge in [-0.15, -0.1) is 0 Å². The minimum absolute atomic E-state index is 0.301. The lowest BCUT2D eigenvalue weighted by Crippen LogP contribution is -2.41. The molecule has 0 aliphatic carbocycles. The van der Waals surface area contributed by atoms with E-state index in [0.29, 0.717) is 12.4 Å². The number of hydrogen-bond donors (Lipinski definition) is 0. The van der Waals surface area contributed by atoms with E-state index in [0.717, 1.165) is 10.0 Å². The molecule has 0 radical (unpaired) electrons. The van der Waals surface area contributed by atoms with E-state index in [1.54, 1.807) is 24.0 Å². The number of rotatable bonds is 3. The van der Waals surface area contributed by atoms with E-state index in [2.05, 4.69) is 20.9 Å². The summed E-state index contributed by atoms with van der Waals surface area (Å²) in [5.41, 5.74) is 0.777. The normalized spacial score (nSPS) is 23.0. The van der Waals surface area contributed by atoms with E-state index in [1.807, 2.05) is 18.4 Å². The van der Waals surface area contributed by atoms with Crippen molar-refractivity contribution in [1.82, 2.24) is 4.90 Å². The van der Waals surface area contributed by atoms with Gasteiger partial charge in [-0.3, -0.25) is 4.99 Å². The smallest absolute Gasteiger partial charge is 0.331 e. The van der Waals surface area contributed by atoms with Gasteiger partial charge in [-0.05, 0) is 52.7 Å². The molecule has 2 atom stereocenters. The maximum Gasteiger partial charge on any atom is 0.331 e. The average molecular weight is 365 g/mol. The molecule has 0 bridgehead atoms. The molecule has 0 spiro atoms. The number of esters is 1. The molecular formula is C16H14BrFN2O2. The van der Waals surface area contributed by atoms with Crippen LogP contribution in [0.3, 0.4) is 0 Å². The van der Waals surface area contributed by atoms with Crippen molar-refractivity contribution in [2.75, 3.05) is 6.61 Å². The molecule has 1 aromatic rings. The maximum absolute atomic E-state index is 13.1. The number of aliphatic imine (C=N–C) groups is 1. The van der Waals surface area contributed by atoms with E-state index in [-0.39, 0.29) is 11.8 Å². The number of carbonyl (C=O) groups is 1. The summed E-state index contributed by atoms with van der Waals surface area (Å²) in [6.45, 7) is 2.07. The van der Waals surface area contributed by atoms with Crippen LogP contribution in [0.25, 0.3) is 0 Å². The molecule has 0 amide bonds. The van der Waals surface area contributed by atoms with Gasteiger partial charge < -0.3 is 9.64 Å². The van der Waals surface area contributed by atoms with Crippen molar-refractivity contribution in [3.63, 3.8) is 0 Å². The summed E-state index contributed by atoms with van der Waals surface area (Å²) in [7, 11) is 0. The molecule has 2 heterocycles. The van der Waals surface area contributed by atoms with Crippen molar-refractivity contribution >= 4 is 27.7 Å². The van der Waals surface area contributed by atoms with Crippen LogP contribution in [0.4, 0.5) is 4.39 Å². The number of benzene rings is 1. The monoisotopic (exact) mass is 364 g/mol. The fourth-order valence-corrected chi connectivity index (χ4v) is 2.92. The summed E-state index contributed by atoms with van der Waals surface area (Å²) in [4.78, 5) is 18.8. The molecule has 2 unspecified atom stereocenters. The Labute approximate surface area is 136 Å². The Morgan fingerprint density at radius 2 is 2.09 bits per heavy atom. The van der Waals surface area contributed by atoms with Crippen LogP contribution in [0.15, 0.2) is 52.1 Å². The predicted molar refractivity (Wildman–Crippen MR) is 85.0 cm³/mol. The first-order valence-electron chi connectivity index (χ1n) is 6.94. The van der Waals surface area contributed by atoms with E-state index >= 15 is 0 Å². The summed E-state index contributed by atoms with van der Waals surface area (Å²) < 4.78 is 19.2. The first-order chi connectivity index (χ1) is 10.6. The average Bonchev–Trinajstić information content (AvgIpc) is 2.86. The molecule has 4 nitrogen and oxygen atoms in total. The standard InChI is InChI=1S/C16H14BrFN2O2/c1-2-22-16(21)15-14(10-3-6-12(18)7-4-10)19-13-8-5-11(17)9-20(13)15/h3-9,14-15H,2H2,1H3. The van der Waals surface area contributed by atoms with Crippen LogP contribution in [-0.2, 0) is 9.53 Å². The number of ether oxygens (including phenoxy) is 1. The van der Waals surface area contributed by atoms with Crippen molar-refractivity contribution in [3.05, 3.63) is 58.5 Å². The lowest BCUT2D eigenvalue weighted by molar-refractivity contribution is -0.147. The fraction of sp³-hybridized carbons (Fsp3) is 0.250. The Hall–Kier alpha value is -1.95. The first kappa shape index (κ1) is 15.0. The number of nitrogens with zero attached hydrogens (tertiary/aromatic N) is 2. The molecule has 0 fully saturated rings. The molecule has 3 rings (SSSR count). The molecule has 0 aromatic heterocycles. The quantitative estimate of drug-likeness (QED) is 0.772. The highest BCUT2D eigenvalue weighted by atomic mass is 79.9.